The summed E-state index contributed by atoms with van der Waals surface area (Å²) in [7, 11) is 1.81. The minimum atomic E-state index is -0.227. The van der Waals surface area contributed by atoms with Gasteiger partial charge in [-0.3, -0.25) is 14.7 Å². The lowest BCUT2D eigenvalue weighted by Crippen LogP contribution is -2.50. The first-order chi connectivity index (χ1) is 13.6. The summed E-state index contributed by atoms with van der Waals surface area (Å²) in [6, 6.07) is 4.20. The molecule has 29 heavy (non-hydrogen) atoms. The van der Waals surface area contributed by atoms with Crippen LogP contribution in [0.1, 0.15) is 36.8 Å². The number of guanidine groups is 1. The monoisotopic (exact) mass is 519 g/mol. The minimum Gasteiger partial charge on any atom is -0.465 e. The second-order valence-electron chi connectivity index (χ2n) is 7.67. The first kappa shape index (κ1) is 23.9. The van der Waals surface area contributed by atoms with E-state index in [2.05, 4.69) is 26.2 Å². The lowest BCUT2D eigenvalue weighted by Gasteiger charge is -2.37. The maximum atomic E-state index is 11.3. The van der Waals surface area contributed by atoms with Crippen LogP contribution in [0.4, 0.5) is 0 Å². The zero-order valence-corrected chi connectivity index (χ0v) is 19.8. The molecule has 0 bridgehead atoms. The third kappa shape index (κ3) is 6.85. The number of nitrogens with one attached hydrogen (secondary N) is 1. The number of primary amides is 1. The first-order valence-electron chi connectivity index (χ1n) is 10.2. The Morgan fingerprint density at radius 2 is 2.10 bits per heavy atom. The maximum absolute atomic E-state index is 11.3. The summed E-state index contributed by atoms with van der Waals surface area (Å²) >= 11 is 0. The van der Waals surface area contributed by atoms with Gasteiger partial charge in [-0.25, -0.2) is 0 Å². The normalized spacial score (nSPS) is 22.1. The highest BCUT2D eigenvalue weighted by Gasteiger charge is 2.27. The Labute approximate surface area is 190 Å². The predicted octanol–water partition coefficient (Wildman–Crippen LogP) is 1.74. The number of piperidine rings is 1. The van der Waals surface area contributed by atoms with E-state index in [9.17, 15) is 4.79 Å². The number of likely N-dealkylation sites (tertiary alicyclic amines) is 1. The van der Waals surface area contributed by atoms with Crippen molar-refractivity contribution in [1.29, 1.82) is 0 Å². The topological polar surface area (TPSA) is 96.3 Å². The highest BCUT2D eigenvalue weighted by atomic mass is 127. The van der Waals surface area contributed by atoms with E-state index in [1.165, 1.54) is 0 Å². The number of aliphatic imine (C=N–C) groups is 1. The van der Waals surface area contributed by atoms with Gasteiger partial charge in [-0.2, -0.15) is 0 Å². The van der Waals surface area contributed by atoms with Crippen LogP contribution in [0.25, 0.3) is 0 Å². The third-order valence-corrected chi connectivity index (χ3v) is 5.55. The van der Waals surface area contributed by atoms with Crippen LogP contribution in [0.3, 0.4) is 0 Å². The van der Waals surface area contributed by atoms with Gasteiger partial charge in [0.2, 0.25) is 5.91 Å². The molecule has 0 saturated carbocycles. The van der Waals surface area contributed by atoms with Crippen LogP contribution >= 0.6 is 24.0 Å². The highest BCUT2D eigenvalue weighted by Crippen LogP contribution is 2.24. The maximum Gasteiger partial charge on any atom is 0.217 e. The van der Waals surface area contributed by atoms with Crippen LogP contribution in [0.5, 0.6) is 0 Å². The summed E-state index contributed by atoms with van der Waals surface area (Å²) in [5.41, 5.74) is 5.40. The van der Waals surface area contributed by atoms with Gasteiger partial charge in [0.15, 0.2) is 5.96 Å². The van der Waals surface area contributed by atoms with Crippen molar-refractivity contribution in [1.82, 2.24) is 15.1 Å². The number of halogens is 1. The Balaban J connectivity index is 0.00000300. The largest absolute Gasteiger partial charge is 0.465 e. The van der Waals surface area contributed by atoms with Crippen LogP contribution in [-0.2, 0) is 9.53 Å². The van der Waals surface area contributed by atoms with Crippen LogP contribution in [-0.4, -0.2) is 74.7 Å². The molecule has 0 aromatic carbocycles. The predicted molar refractivity (Wildman–Crippen MR) is 123 cm³/mol. The molecule has 2 aliphatic rings. The molecular formula is C20H34IN5O3. The van der Waals surface area contributed by atoms with Gasteiger partial charge in [-0.1, -0.05) is 0 Å². The molecule has 2 saturated heterocycles. The SMILES string of the molecule is CN=C(NCC(c1ccc(C)o1)N1CCOCC1)N1CCCC(CC(N)=O)C1.I. The smallest absolute Gasteiger partial charge is 0.217 e. The Morgan fingerprint density at radius 1 is 1.34 bits per heavy atom. The van der Waals surface area contributed by atoms with E-state index in [1.807, 2.05) is 13.0 Å². The highest BCUT2D eigenvalue weighted by molar-refractivity contribution is 14.0. The van der Waals surface area contributed by atoms with E-state index in [0.717, 1.165) is 69.7 Å². The van der Waals surface area contributed by atoms with E-state index in [1.54, 1.807) is 7.05 Å². The van der Waals surface area contributed by atoms with Crippen molar-refractivity contribution in [3.8, 4) is 0 Å². The second-order valence-corrected chi connectivity index (χ2v) is 7.67. The van der Waals surface area contributed by atoms with Crippen molar-refractivity contribution in [3.63, 3.8) is 0 Å². The second kappa shape index (κ2) is 11.8. The van der Waals surface area contributed by atoms with Gasteiger partial charge in [-0.15, -0.1) is 24.0 Å². The van der Waals surface area contributed by atoms with Gasteiger partial charge in [0.05, 0.1) is 19.3 Å². The van der Waals surface area contributed by atoms with E-state index in [-0.39, 0.29) is 35.9 Å². The number of rotatable bonds is 6. The fourth-order valence-corrected chi connectivity index (χ4v) is 4.16. The molecule has 0 spiro atoms. The molecule has 2 atom stereocenters. The minimum absolute atomic E-state index is 0. The standard InChI is InChI=1S/C20H33N5O3.HI/c1-15-5-6-18(28-15)17(24-8-10-27-11-9-24)13-23-20(22-2)25-7-3-4-16(14-25)12-19(21)26;/h5-6,16-17H,3-4,7-14H2,1-2H3,(H2,21,26)(H,22,23);1H. The average Bonchev–Trinajstić information content (AvgIpc) is 3.11. The molecule has 0 radical (unpaired) electrons. The van der Waals surface area contributed by atoms with E-state index >= 15 is 0 Å². The fourth-order valence-electron chi connectivity index (χ4n) is 4.16. The van der Waals surface area contributed by atoms with Crippen molar-refractivity contribution < 1.29 is 13.9 Å². The Hall–Kier alpha value is -1.33. The number of morpholine rings is 1. The van der Waals surface area contributed by atoms with Crippen molar-refractivity contribution >= 4 is 35.8 Å². The van der Waals surface area contributed by atoms with E-state index in [0.29, 0.717) is 18.9 Å². The summed E-state index contributed by atoms with van der Waals surface area (Å²) in [5.74, 6) is 2.83. The number of aryl methyl sites for hydroxylation is 1. The molecule has 3 N–H and O–H groups in total. The first-order valence-corrected chi connectivity index (χ1v) is 10.2. The van der Waals surface area contributed by atoms with Crippen LogP contribution in [0.15, 0.2) is 21.5 Å². The van der Waals surface area contributed by atoms with E-state index in [4.69, 9.17) is 14.9 Å². The molecule has 2 fully saturated rings. The molecule has 8 nitrogen and oxygen atoms in total. The van der Waals surface area contributed by atoms with Crippen LogP contribution in [0.2, 0.25) is 0 Å². The van der Waals surface area contributed by atoms with Gasteiger partial charge in [0.1, 0.15) is 11.5 Å². The van der Waals surface area contributed by atoms with Gasteiger partial charge >= 0.3 is 0 Å². The molecule has 2 aliphatic heterocycles. The number of furan rings is 1. The number of hydrogen-bond acceptors (Lipinski definition) is 5. The summed E-state index contributed by atoms with van der Waals surface area (Å²) in [6.07, 6.45) is 2.52. The third-order valence-electron chi connectivity index (χ3n) is 5.55. The molecule has 1 aromatic rings. The van der Waals surface area contributed by atoms with Crippen molar-refractivity contribution in [2.75, 3.05) is 53.0 Å². The van der Waals surface area contributed by atoms with Crippen molar-refractivity contribution in [3.05, 3.63) is 23.7 Å². The molecule has 3 heterocycles. The molecule has 2 unspecified atom stereocenters. The molecule has 0 aliphatic carbocycles. The number of nitrogens with two attached hydrogens (primary N) is 1. The number of hydrogen-bond donors (Lipinski definition) is 2. The van der Waals surface area contributed by atoms with E-state index < -0.39 is 0 Å². The zero-order valence-electron chi connectivity index (χ0n) is 17.4. The molecule has 3 rings (SSSR count). The molecular weight excluding hydrogens is 485 g/mol. The van der Waals surface area contributed by atoms with Gasteiger partial charge < -0.3 is 25.1 Å². The summed E-state index contributed by atoms with van der Waals surface area (Å²) in [6.45, 7) is 7.68. The number of nitrogens with zero attached hydrogens (tertiary/aromatic N) is 3. The van der Waals surface area contributed by atoms with Crippen molar-refractivity contribution in [2.24, 2.45) is 16.6 Å². The summed E-state index contributed by atoms with van der Waals surface area (Å²) < 4.78 is 11.5. The quantitative estimate of drug-likeness (QED) is 0.338. The fraction of sp³-hybridized carbons (Fsp3) is 0.700. The zero-order chi connectivity index (χ0) is 19.9. The Kier molecular flexibility index (Phi) is 9.70. The molecule has 9 heteroatoms. The number of carbonyl (C=O) groups is 1. The average molecular weight is 519 g/mol. The molecule has 164 valence electrons. The molecule has 1 aromatic heterocycles. The van der Waals surface area contributed by atoms with Gasteiger partial charge in [-0.05, 0) is 37.8 Å². The molecule has 1 amide bonds. The number of carbonyl (C=O) groups excluding carboxylic acids is 1. The lowest BCUT2D eigenvalue weighted by atomic mass is 9.95. The van der Waals surface area contributed by atoms with Crippen molar-refractivity contribution in [2.45, 2.75) is 32.2 Å². The summed E-state index contributed by atoms with van der Waals surface area (Å²) in [4.78, 5) is 20.4. The van der Waals surface area contributed by atoms with Gasteiger partial charge in [0.25, 0.3) is 0 Å². The lowest BCUT2D eigenvalue weighted by molar-refractivity contribution is -0.119. The number of amides is 1. The van der Waals surface area contributed by atoms with Gasteiger partial charge in [0, 0.05) is 46.2 Å². The Bertz CT molecular complexity index is 675. The number of ether oxygens (including phenoxy) is 1. The Morgan fingerprint density at radius 3 is 2.72 bits per heavy atom. The summed E-state index contributed by atoms with van der Waals surface area (Å²) in [5, 5.41) is 3.54. The van der Waals surface area contributed by atoms with Crippen LogP contribution < -0.4 is 11.1 Å². The van der Waals surface area contributed by atoms with Crippen LogP contribution in [0, 0.1) is 12.8 Å².